The molecule has 0 N–H and O–H groups in total. The van der Waals surface area contributed by atoms with Crippen molar-refractivity contribution in [2.75, 3.05) is 16.8 Å². The Morgan fingerprint density at radius 1 is 1.44 bits per heavy atom. The summed E-state index contributed by atoms with van der Waals surface area (Å²) < 4.78 is 37.9. The quantitative estimate of drug-likeness (QED) is 0.772. The van der Waals surface area contributed by atoms with Crippen LogP contribution in [0.1, 0.15) is 19.0 Å². The van der Waals surface area contributed by atoms with Crippen molar-refractivity contribution in [3.8, 4) is 0 Å². The van der Waals surface area contributed by atoms with Crippen LogP contribution >= 0.6 is 15.9 Å². The Bertz CT molecular complexity index is 422. The van der Waals surface area contributed by atoms with Crippen molar-refractivity contribution in [1.29, 1.82) is 0 Å². The van der Waals surface area contributed by atoms with Crippen LogP contribution in [0.3, 0.4) is 0 Å². The molecule has 0 amide bonds. The number of halogens is 4. The summed E-state index contributed by atoms with van der Waals surface area (Å²) in [5.74, 6) is 0.874. The van der Waals surface area contributed by atoms with Gasteiger partial charge >= 0.3 is 6.18 Å². The van der Waals surface area contributed by atoms with Gasteiger partial charge in [0.15, 0.2) is 0 Å². The van der Waals surface area contributed by atoms with E-state index in [4.69, 9.17) is 0 Å². The molecule has 0 spiro atoms. The van der Waals surface area contributed by atoms with Crippen LogP contribution < -0.4 is 4.90 Å². The average molecular weight is 323 g/mol. The van der Waals surface area contributed by atoms with E-state index in [0.29, 0.717) is 11.7 Å². The van der Waals surface area contributed by atoms with E-state index in [0.717, 1.165) is 24.4 Å². The van der Waals surface area contributed by atoms with E-state index in [-0.39, 0.29) is 6.04 Å². The molecule has 6 heteroatoms. The van der Waals surface area contributed by atoms with Gasteiger partial charge in [0.1, 0.15) is 11.5 Å². The highest BCUT2D eigenvalue weighted by Crippen LogP contribution is 2.32. The number of rotatable bonds is 2. The van der Waals surface area contributed by atoms with Crippen molar-refractivity contribution in [3.63, 3.8) is 0 Å². The highest BCUT2D eigenvalue weighted by Gasteiger charge is 2.35. The monoisotopic (exact) mass is 322 g/mol. The van der Waals surface area contributed by atoms with Crippen LogP contribution in [0, 0.1) is 5.92 Å². The molecule has 18 heavy (non-hydrogen) atoms. The van der Waals surface area contributed by atoms with Gasteiger partial charge in [-0.3, -0.25) is 0 Å². The molecule has 0 aliphatic carbocycles. The van der Waals surface area contributed by atoms with Gasteiger partial charge in [0.05, 0.1) is 0 Å². The van der Waals surface area contributed by atoms with Crippen LogP contribution in [0.5, 0.6) is 0 Å². The number of pyridine rings is 1. The van der Waals surface area contributed by atoms with Gasteiger partial charge in [-0.15, -0.1) is 0 Å². The Balaban J connectivity index is 2.29. The lowest BCUT2D eigenvalue weighted by molar-refractivity contribution is -0.141. The summed E-state index contributed by atoms with van der Waals surface area (Å²) in [7, 11) is 0. The van der Waals surface area contributed by atoms with Gasteiger partial charge in [0.2, 0.25) is 0 Å². The van der Waals surface area contributed by atoms with E-state index < -0.39 is 11.9 Å². The smallest absolute Gasteiger partial charge is 0.353 e. The molecule has 100 valence electrons. The van der Waals surface area contributed by atoms with E-state index in [2.05, 4.69) is 27.8 Å². The van der Waals surface area contributed by atoms with Crippen molar-refractivity contribution >= 4 is 21.7 Å². The van der Waals surface area contributed by atoms with Crippen molar-refractivity contribution in [3.05, 3.63) is 23.9 Å². The average Bonchev–Trinajstić information content (AvgIpc) is 2.69. The lowest BCUT2D eigenvalue weighted by Crippen LogP contribution is -2.34. The van der Waals surface area contributed by atoms with Gasteiger partial charge in [-0.2, -0.15) is 13.2 Å². The Morgan fingerprint density at radius 2 is 2.17 bits per heavy atom. The minimum absolute atomic E-state index is 0.209. The number of anilines is 1. The molecule has 1 aliphatic rings. The number of hydrogen-bond acceptors (Lipinski definition) is 2. The Labute approximate surface area is 112 Å². The Kier molecular flexibility index (Phi) is 3.84. The van der Waals surface area contributed by atoms with Gasteiger partial charge in [0, 0.05) is 17.9 Å². The SMILES string of the molecule is CC1CCN(c2cccc(C(F)(F)F)n2)C1CBr. The summed E-state index contributed by atoms with van der Waals surface area (Å²) in [5, 5.41) is 0.742. The predicted molar refractivity (Wildman–Crippen MR) is 67.9 cm³/mol. The third-order valence-electron chi connectivity index (χ3n) is 3.36. The van der Waals surface area contributed by atoms with Gasteiger partial charge in [0.25, 0.3) is 0 Å². The zero-order chi connectivity index (χ0) is 13.3. The third-order valence-corrected chi connectivity index (χ3v) is 4.02. The van der Waals surface area contributed by atoms with Crippen molar-refractivity contribution < 1.29 is 13.2 Å². The molecule has 2 nitrogen and oxygen atoms in total. The topological polar surface area (TPSA) is 16.1 Å². The molecule has 0 aromatic carbocycles. The van der Waals surface area contributed by atoms with Gasteiger partial charge in [-0.25, -0.2) is 4.98 Å². The maximum Gasteiger partial charge on any atom is 0.433 e. The number of aromatic nitrogens is 1. The van der Waals surface area contributed by atoms with Crippen LogP contribution in [0.25, 0.3) is 0 Å². The molecule has 2 rings (SSSR count). The van der Waals surface area contributed by atoms with Gasteiger partial charge in [-0.05, 0) is 24.5 Å². The zero-order valence-electron chi connectivity index (χ0n) is 9.91. The summed E-state index contributed by atoms with van der Waals surface area (Å²) in [4.78, 5) is 5.69. The van der Waals surface area contributed by atoms with E-state index >= 15 is 0 Å². The number of alkyl halides is 4. The second-order valence-electron chi connectivity index (χ2n) is 4.56. The molecule has 1 aromatic heterocycles. The molecule has 2 atom stereocenters. The Morgan fingerprint density at radius 3 is 2.78 bits per heavy atom. The van der Waals surface area contributed by atoms with E-state index in [1.54, 1.807) is 6.07 Å². The zero-order valence-corrected chi connectivity index (χ0v) is 11.5. The summed E-state index contributed by atoms with van der Waals surface area (Å²) in [6, 6.07) is 4.27. The molecule has 1 aliphatic heterocycles. The molecule has 1 saturated heterocycles. The molecular weight excluding hydrogens is 309 g/mol. The molecule has 0 saturated carbocycles. The predicted octanol–water partition coefficient (Wildman–Crippen LogP) is 3.71. The standard InChI is InChI=1S/C12H14BrF3N2/c1-8-5-6-18(9(8)7-13)11-4-2-3-10(17-11)12(14,15)16/h2-4,8-9H,5-7H2,1H3. The third kappa shape index (κ3) is 2.63. The molecule has 0 bridgehead atoms. The first-order valence-electron chi connectivity index (χ1n) is 5.80. The van der Waals surface area contributed by atoms with Crippen molar-refractivity contribution in [2.45, 2.75) is 25.6 Å². The maximum absolute atomic E-state index is 12.6. The molecule has 1 fully saturated rings. The van der Waals surface area contributed by atoms with Gasteiger partial charge < -0.3 is 4.90 Å². The number of hydrogen-bond donors (Lipinski definition) is 0. The van der Waals surface area contributed by atoms with E-state index in [1.165, 1.54) is 6.07 Å². The summed E-state index contributed by atoms with van der Waals surface area (Å²) in [6.45, 7) is 2.87. The Hall–Kier alpha value is -0.780. The lowest BCUT2D eigenvalue weighted by Gasteiger charge is -2.26. The molecule has 0 radical (unpaired) electrons. The normalized spacial score (nSPS) is 24.6. The van der Waals surface area contributed by atoms with Crippen molar-refractivity contribution in [2.24, 2.45) is 5.92 Å². The first-order chi connectivity index (χ1) is 8.43. The minimum atomic E-state index is -4.38. The van der Waals surface area contributed by atoms with Crippen LogP contribution in [0.15, 0.2) is 18.2 Å². The molecule has 1 aromatic rings. The summed E-state index contributed by atoms with van der Waals surface area (Å²) >= 11 is 3.42. The fraction of sp³-hybridized carbons (Fsp3) is 0.583. The molecule has 2 unspecified atom stereocenters. The van der Waals surface area contributed by atoms with Crippen LogP contribution in [0.2, 0.25) is 0 Å². The lowest BCUT2D eigenvalue weighted by atomic mass is 10.1. The van der Waals surface area contributed by atoms with Gasteiger partial charge in [-0.1, -0.05) is 28.9 Å². The minimum Gasteiger partial charge on any atom is -0.353 e. The first-order valence-corrected chi connectivity index (χ1v) is 6.92. The van der Waals surface area contributed by atoms with Crippen LogP contribution in [0.4, 0.5) is 19.0 Å². The van der Waals surface area contributed by atoms with Crippen LogP contribution in [-0.2, 0) is 6.18 Å². The largest absolute Gasteiger partial charge is 0.433 e. The number of nitrogens with zero attached hydrogens (tertiary/aromatic N) is 2. The second kappa shape index (κ2) is 5.07. The molecular formula is C12H14BrF3N2. The molecule has 2 heterocycles. The summed E-state index contributed by atoms with van der Waals surface area (Å²) in [5.41, 5.74) is -0.826. The van der Waals surface area contributed by atoms with Crippen molar-refractivity contribution in [1.82, 2.24) is 4.98 Å². The van der Waals surface area contributed by atoms with E-state index in [9.17, 15) is 13.2 Å². The maximum atomic E-state index is 12.6. The highest BCUT2D eigenvalue weighted by atomic mass is 79.9. The fourth-order valence-corrected chi connectivity index (χ4v) is 3.26. The van der Waals surface area contributed by atoms with E-state index in [1.807, 2.05) is 4.90 Å². The fourth-order valence-electron chi connectivity index (χ4n) is 2.27. The summed E-state index contributed by atoms with van der Waals surface area (Å²) in [6.07, 6.45) is -3.40. The van der Waals surface area contributed by atoms with Crippen LogP contribution in [-0.4, -0.2) is 22.9 Å². The first kappa shape index (κ1) is 13.6. The second-order valence-corrected chi connectivity index (χ2v) is 5.21. The highest BCUT2D eigenvalue weighted by molar-refractivity contribution is 9.09.